The lowest BCUT2D eigenvalue weighted by Crippen LogP contribution is -2.52. The van der Waals surface area contributed by atoms with E-state index in [9.17, 15) is 4.79 Å². The minimum absolute atomic E-state index is 0.179. The molecule has 1 saturated heterocycles. The van der Waals surface area contributed by atoms with E-state index in [0.717, 1.165) is 26.2 Å². The van der Waals surface area contributed by atoms with E-state index in [2.05, 4.69) is 18.7 Å². The fraction of sp³-hybridized carbons (Fsp3) is 0.889. The standard InChI is InChI=1S/C9H18N2O2/c1-3-10-4-5-11(7-9(12)13)8(2)6-10/h8H,3-7H2,1-2H3,(H,12,13). The Morgan fingerprint density at radius 1 is 1.54 bits per heavy atom. The lowest BCUT2D eigenvalue weighted by Gasteiger charge is -2.38. The van der Waals surface area contributed by atoms with Gasteiger partial charge in [-0.15, -0.1) is 0 Å². The van der Waals surface area contributed by atoms with Crippen LogP contribution >= 0.6 is 0 Å². The molecule has 4 nitrogen and oxygen atoms in total. The van der Waals surface area contributed by atoms with Crippen LogP contribution in [0.1, 0.15) is 13.8 Å². The van der Waals surface area contributed by atoms with E-state index in [1.54, 1.807) is 0 Å². The van der Waals surface area contributed by atoms with Crippen LogP contribution in [0.25, 0.3) is 0 Å². The van der Waals surface area contributed by atoms with Crippen molar-refractivity contribution in [2.24, 2.45) is 0 Å². The summed E-state index contributed by atoms with van der Waals surface area (Å²) in [6.07, 6.45) is 0. The van der Waals surface area contributed by atoms with E-state index in [1.807, 2.05) is 4.90 Å². The average molecular weight is 186 g/mol. The van der Waals surface area contributed by atoms with Crippen molar-refractivity contribution in [3.63, 3.8) is 0 Å². The van der Waals surface area contributed by atoms with E-state index < -0.39 is 5.97 Å². The molecule has 76 valence electrons. The maximum Gasteiger partial charge on any atom is 0.317 e. The van der Waals surface area contributed by atoms with Gasteiger partial charge in [-0.2, -0.15) is 0 Å². The zero-order valence-corrected chi connectivity index (χ0v) is 8.36. The van der Waals surface area contributed by atoms with Crippen LogP contribution in [0, 0.1) is 0 Å². The fourth-order valence-electron chi connectivity index (χ4n) is 1.77. The molecule has 1 fully saturated rings. The van der Waals surface area contributed by atoms with Crippen LogP contribution in [0.2, 0.25) is 0 Å². The predicted octanol–water partition coefficient (Wildman–Crippen LogP) is 0.0970. The van der Waals surface area contributed by atoms with Crippen LogP contribution < -0.4 is 0 Å². The van der Waals surface area contributed by atoms with Gasteiger partial charge in [0, 0.05) is 25.7 Å². The molecule has 0 spiro atoms. The van der Waals surface area contributed by atoms with Crippen molar-refractivity contribution in [2.45, 2.75) is 19.9 Å². The highest BCUT2D eigenvalue weighted by Crippen LogP contribution is 2.08. The summed E-state index contributed by atoms with van der Waals surface area (Å²) in [5, 5.41) is 8.65. The molecule has 0 aromatic rings. The van der Waals surface area contributed by atoms with E-state index in [-0.39, 0.29) is 6.54 Å². The number of nitrogens with zero attached hydrogens (tertiary/aromatic N) is 2. The number of aliphatic carboxylic acids is 1. The molecule has 1 atom stereocenters. The molecule has 0 aromatic heterocycles. The first-order valence-corrected chi connectivity index (χ1v) is 4.81. The van der Waals surface area contributed by atoms with Crippen molar-refractivity contribution < 1.29 is 9.90 Å². The highest BCUT2D eigenvalue weighted by molar-refractivity contribution is 5.69. The van der Waals surface area contributed by atoms with Gasteiger partial charge in [-0.25, -0.2) is 0 Å². The van der Waals surface area contributed by atoms with Crippen molar-refractivity contribution >= 4 is 5.97 Å². The molecule has 13 heavy (non-hydrogen) atoms. The van der Waals surface area contributed by atoms with Crippen molar-refractivity contribution in [3.05, 3.63) is 0 Å². The number of carboxylic acid groups (broad SMARTS) is 1. The minimum atomic E-state index is -0.725. The van der Waals surface area contributed by atoms with Crippen LogP contribution in [-0.2, 0) is 4.79 Å². The quantitative estimate of drug-likeness (QED) is 0.679. The second kappa shape index (κ2) is 4.58. The first-order chi connectivity index (χ1) is 6.13. The van der Waals surface area contributed by atoms with E-state index >= 15 is 0 Å². The second-order valence-electron chi connectivity index (χ2n) is 3.61. The molecular weight excluding hydrogens is 168 g/mol. The van der Waals surface area contributed by atoms with Gasteiger partial charge in [-0.1, -0.05) is 6.92 Å². The van der Waals surface area contributed by atoms with Crippen LogP contribution in [0.4, 0.5) is 0 Å². The SMILES string of the molecule is CCN1CCN(CC(=O)O)C(C)C1. The molecule has 1 heterocycles. The molecule has 0 radical (unpaired) electrons. The normalized spacial score (nSPS) is 26.2. The number of hydrogen-bond acceptors (Lipinski definition) is 3. The summed E-state index contributed by atoms with van der Waals surface area (Å²) in [5.41, 5.74) is 0. The molecule has 0 aliphatic carbocycles. The highest BCUT2D eigenvalue weighted by atomic mass is 16.4. The van der Waals surface area contributed by atoms with E-state index in [4.69, 9.17) is 5.11 Å². The Balaban J connectivity index is 2.39. The predicted molar refractivity (Wildman–Crippen MR) is 50.8 cm³/mol. The van der Waals surface area contributed by atoms with Gasteiger partial charge in [0.2, 0.25) is 0 Å². The summed E-state index contributed by atoms with van der Waals surface area (Å²) in [5.74, 6) is -0.725. The maximum atomic E-state index is 10.5. The smallest absolute Gasteiger partial charge is 0.317 e. The Labute approximate surface area is 79.1 Å². The molecule has 0 amide bonds. The maximum absolute atomic E-state index is 10.5. The molecule has 1 aliphatic heterocycles. The Hall–Kier alpha value is -0.610. The number of carboxylic acids is 1. The van der Waals surface area contributed by atoms with Crippen molar-refractivity contribution in [2.75, 3.05) is 32.7 Å². The third-order valence-electron chi connectivity index (χ3n) is 2.63. The summed E-state index contributed by atoms with van der Waals surface area (Å²) >= 11 is 0. The zero-order chi connectivity index (χ0) is 9.84. The topological polar surface area (TPSA) is 43.8 Å². The van der Waals surface area contributed by atoms with Gasteiger partial charge in [-0.3, -0.25) is 9.69 Å². The van der Waals surface area contributed by atoms with Crippen molar-refractivity contribution in [1.29, 1.82) is 0 Å². The van der Waals surface area contributed by atoms with Crippen molar-refractivity contribution in [1.82, 2.24) is 9.80 Å². The van der Waals surface area contributed by atoms with Gasteiger partial charge in [0.05, 0.1) is 6.54 Å². The average Bonchev–Trinajstić information content (AvgIpc) is 2.08. The van der Waals surface area contributed by atoms with Gasteiger partial charge in [-0.05, 0) is 13.5 Å². The molecule has 1 rings (SSSR count). The van der Waals surface area contributed by atoms with Crippen LogP contribution in [-0.4, -0.2) is 59.6 Å². The monoisotopic (exact) mass is 186 g/mol. The van der Waals surface area contributed by atoms with Gasteiger partial charge < -0.3 is 10.0 Å². The van der Waals surface area contributed by atoms with E-state index in [1.165, 1.54) is 0 Å². The lowest BCUT2D eigenvalue weighted by atomic mass is 10.2. The number of likely N-dealkylation sites (N-methyl/N-ethyl adjacent to an activating group) is 1. The molecule has 1 unspecified atom stereocenters. The molecule has 0 bridgehead atoms. The molecule has 0 saturated carbocycles. The molecular formula is C9H18N2O2. The first kappa shape index (κ1) is 10.5. The highest BCUT2D eigenvalue weighted by Gasteiger charge is 2.23. The Morgan fingerprint density at radius 3 is 2.69 bits per heavy atom. The molecule has 4 heteroatoms. The Kier molecular flexibility index (Phi) is 3.69. The van der Waals surface area contributed by atoms with Gasteiger partial charge in [0.1, 0.15) is 0 Å². The van der Waals surface area contributed by atoms with Gasteiger partial charge in [0.15, 0.2) is 0 Å². The summed E-state index contributed by atoms with van der Waals surface area (Å²) < 4.78 is 0. The third kappa shape index (κ3) is 2.97. The van der Waals surface area contributed by atoms with Crippen LogP contribution in [0.5, 0.6) is 0 Å². The molecule has 1 N–H and O–H groups in total. The number of rotatable bonds is 3. The van der Waals surface area contributed by atoms with Gasteiger partial charge in [0.25, 0.3) is 0 Å². The molecule has 1 aliphatic rings. The van der Waals surface area contributed by atoms with E-state index in [0.29, 0.717) is 6.04 Å². The zero-order valence-electron chi connectivity index (χ0n) is 8.36. The van der Waals surface area contributed by atoms with Crippen molar-refractivity contribution in [3.8, 4) is 0 Å². The minimum Gasteiger partial charge on any atom is -0.480 e. The summed E-state index contributed by atoms with van der Waals surface area (Å²) in [6, 6.07) is 0.366. The largest absolute Gasteiger partial charge is 0.480 e. The Morgan fingerprint density at radius 2 is 2.23 bits per heavy atom. The van der Waals surface area contributed by atoms with Gasteiger partial charge >= 0.3 is 5.97 Å². The number of hydrogen-bond donors (Lipinski definition) is 1. The lowest BCUT2D eigenvalue weighted by molar-refractivity contribution is -0.139. The fourth-order valence-corrected chi connectivity index (χ4v) is 1.77. The third-order valence-corrected chi connectivity index (χ3v) is 2.63. The summed E-state index contributed by atoms with van der Waals surface area (Å²) in [6.45, 7) is 8.33. The van der Waals surface area contributed by atoms with Crippen LogP contribution in [0.15, 0.2) is 0 Å². The number of piperazine rings is 1. The Bertz CT molecular complexity index is 184. The summed E-state index contributed by atoms with van der Waals surface area (Å²) in [7, 11) is 0. The van der Waals surface area contributed by atoms with Crippen LogP contribution in [0.3, 0.4) is 0 Å². The summed E-state index contributed by atoms with van der Waals surface area (Å²) in [4.78, 5) is 14.9. The second-order valence-corrected chi connectivity index (χ2v) is 3.61. The first-order valence-electron chi connectivity index (χ1n) is 4.81. The number of carbonyl (C=O) groups is 1. The molecule has 0 aromatic carbocycles.